The summed E-state index contributed by atoms with van der Waals surface area (Å²) in [4.78, 5) is 4.47. The fraction of sp³-hybridized carbons (Fsp3) is 0.438. The van der Waals surface area contributed by atoms with Crippen LogP contribution in [0.3, 0.4) is 0 Å². The summed E-state index contributed by atoms with van der Waals surface area (Å²) in [5.41, 5.74) is 4.20. The Kier molecular flexibility index (Phi) is 3.10. The van der Waals surface area contributed by atoms with E-state index in [-0.39, 0.29) is 0 Å². The van der Waals surface area contributed by atoms with E-state index in [9.17, 15) is 0 Å². The first kappa shape index (κ1) is 13.3. The monoisotopic (exact) mass is 296 g/mol. The number of aromatic nitrogens is 5. The molecule has 3 aromatic heterocycles. The van der Waals surface area contributed by atoms with Crippen LogP contribution in [0.15, 0.2) is 18.3 Å². The third kappa shape index (κ3) is 2.34. The van der Waals surface area contributed by atoms with Crippen molar-refractivity contribution in [1.82, 2.24) is 24.8 Å². The Labute approximate surface area is 129 Å². The molecule has 0 amide bonds. The zero-order valence-corrected chi connectivity index (χ0v) is 12.9. The van der Waals surface area contributed by atoms with Crippen LogP contribution in [-0.2, 0) is 0 Å². The average Bonchev–Trinajstić information content (AvgIpc) is 3.17. The summed E-state index contributed by atoms with van der Waals surface area (Å²) in [6.07, 6.45) is 7.11. The third-order valence-electron chi connectivity index (χ3n) is 4.38. The van der Waals surface area contributed by atoms with Gasteiger partial charge in [0.05, 0.1) is 11.9 Å². The molecule has 0 spiro atoms. The summed E-state index contributed by atoms with van der Waals surface area (Å²) in [7, 11) is 0. The number of aromatic amines is 1. The lowest BCUT2D eigenvalue weighted by atomic mass is 10.0. The summed E-state index contributed by atoms with van der Waals surface area (Å²) in [5.74, 6) is 2.24. The van der Waals surface area contributed by atoms with E-state index in [4.69, 9.17) is 0 Å². The molecule has 0 atom stereocenters. The number of H-pyrrole nitrogens is 1. The molecule has 0 saturated heterocycles. The second-order valence-corrected chi connectivity index (χ2v) is 6.18. The lowest BCUT2D eigenvalue weighted by molar-refractivity contribution is 0.693. The highest BCUT2D eigenvalue weighted by Gasteiger charge is 2.19. The Hall–Kier alpha value is -2.37. The number of anilines is 2. The smallest absolute Gasteiger partial charge is 0.156 e. The summed E-state index contributed by atoms with van der Waals surface area (Å²) in [5, 5.41) is 15.4. The highest BCUT2D eigenvalue weighted by Crippen LogP contribution is 2.33. The summed E-state index contributed by atoms with van der Waals surface area (Å²) >= 11 is 0. The zero-order chi connectivity index (χ0) is 15.1. The van der Waals surface area contributed by atoms with Gasteiger partial charge in [0, 0.05) is 17.7 Å². The zero-order valence-electron chi connectivity index (χ0n) is 12.9. The van der Waals surface area contributed by atoms with Crippen molar-refractivity contribution in [3.8, 4) is 0 Å². The molecule has 0 aromatic carbocycles. The SMILES string of the molecule is Cc1cn2nc(Nc3cc(C4CCCC4)[nH]n3)cc(C)c2n1. The van der Waals surface area contributed by atoms with Crippen LogP contribution in [0, 0.1) is 13.8 Å². The minimum absolute atomic E-state index is 0.636. The van der Waals surface area contributed by atoms with Crippen LogP contribution in [0.5, 0.6) is 0 Å². The predicted molar refractivity (Wildman–Crippen MR) is 85.5 cm³/mol. The fourth-order valence-corrected chi connectivity index (χ4v) is 3.28. The van der Waals surface area contributed by atoms with Crippen LogP contribution in [0.1, 0.15) is 48.6 Å². The van der Waals surface area contributed by atoms with Gasteiger partial charge in [0.25, 0.3) is 0 Å². The van der Waals surface area contributed by atoms with Crippen molar-refractivity contribution >= 4 is 17.3 Å². The Bertz CT molecular complexity index is 809. The first-order valence-electron chi connectivity index (χ1n) is 7.85. The minimum Gasteiger partial charge on any atom is -0.322 e. The Balaban J connectivity index is 1.60. The van der Waals surface area contributed by atoms with Crippen LogP contribution >= 0.6 is 0 Å². The molecule has 1 aliphatic carbocycles. The molecule has 3 aromatic rings. The van der Waals surface area contributed by atoms with E-state index < -0.39 is 0 Å². The number of rotatable bonds is 3. The van der Waals surface area contributed by atoms with E-state index in [1.165, 1.54) is 31.4 Å². The normalized spacial score (nSPS) is 15.7. The van der Waals surface area contributed by atoms with Gasteiger partial charge in [-0.2, -0.15) is 5.10 Å². The van der Waals surface area contributed by atoms with Crippen molar-refractivity contribution in [2.75, 3.05) is 5.32 Å². The number of hydrogen-bond donors (Lipinski definition) is 2. The average molecular weight is 296 g/mol. The van der Waals surface area contributed by atoms with Gasteiger partial charge >= 0.3 is 0 Å². The van der Waals surface area contributed by atoms with Crippen molar-refractivity contribution in [3.63, 3.8) is 0 Å². The summed E-state index contributed by atoms with van der Waals surface area (Å²) in [6.45, 7) is 4.02. The molecule has 0 unspecified atom stereocenters. The second kappa shape index (κ2) is 5.12. The molecule has 6 nitrogen and oxygen atoms in total. The molecule has 1 fully saturated rings. The van der Waals surface area contributed by atoms with Gasteiger partial charge in [0.2, 0.25) is 0 Å². The van der Waals surface area contributed by atoms with E-state index in [2.05, 4.69) is 31.7 Å². The number of imidazole rings is 1. The fourth-order valence-electron chi connectivity index (χ4n) is 3.28. The summed E-state index contributed by atoms with van der Waals surface area (Å²) < 4.78 is 1.82. The number of nitrogens with one attached hydrogen (secondary N) is 2. The molecule has 3 heterocycles. The van der Waals surface area contributed by atoms with Gasteiger partial charge in [-0.1, -0.05) is 12.8 Å². The van der Waals surface area contributed by atoms with Crippen LogP contribution in [-0.4, -0.2) is 24.8 Å². The molecule has 4 rings (SSSR count). The van der Waals surface area contributed by atoms with Gasteiger partial charge in [-0.15, -0.1) is 5.10 Å². The molecule has 1 aliphatic rings. The Morgan fingerprint density at radius 3 is 2.82 bits per heavy atom. The van der Waals surface area contributed by atoms with Gasteiger partial charge in [-0.3, -0.25) is 5.10 Å². The highest BCUT2D eigenvalue weighted by molar-refractivity contribution is 5.57. The molecule has 0 bridgehead atoms. The van der Waals surface area contributed by atoms with Crippen molar-refractivity contribution in [2.45, 2.75) is 45.4 Å². The number of hydrogen-bond acceptors (Lipinski definition) is 4. The number of nitrogens with zero attached hydrogens (tertiary/aromatic N) is 4. The number of aryl methyl sites for hydroxylation is 2. The summed E-state index contributed by atoms with van der Waals surface area (Å²) in [6, 6.07) is 4.11. The standard InChI is InChI=1S/C16H20N6/c1-10-7-15(21-22-9-11(2)17-16(10)22)18-14-8-13(19-20-14)12-5-3-4-6-12/h7-9,12H,3-6H2,1-2H3,(H2,18,19,20,21). The first-order valence-corrected chi connectivity index (χ1v) is 7.85. The van der Waals surface area contributed by atoms with Crippen LogP contribution in [0.4, 0.5) is 11.6 Å². The third-order valence-corrected chi connectivity index (χ3v) is 4.38. The molecule has 22 heavy (non-hydrogen) atoms. The molecule has 2 N–H and O–H groups in total. The maximum atomic E-state index is 4.55. The van der Waals surface area contributed by atoms with Gasteiger partial charge < -0.3 is 5.32 Å². The molecule has 6 heteroatoms. The molecule has 0 aliphatic heterocycles. The molecule has 114 valence electrons. The van der Waals surface area contributed by atoms with E-state index in [1.54, 1.807) is 0 Å². The highest BCUT2D eigenvalue weighted by atomic mass is 15.3. The molecular weight excluding hydrogens is 276 g/mol. The van der Waals surface area contributed by atoms with E-state index in [1.807, 2.05) is 30.6 Å². The van der Waals surface area contributed by atoms with Crippen LogP contribution < -0.4 is 5.32 Å². The predicted octanol–water partition coefficient (Wildman–Crippen LogP) is 3.47. The van der Waals surface area contributed by atoms with E-state index >= 15 is 0 Å². The van der Waals surface area contributed by atoms with Gasteiger partial charge in [-0.05, 0) is 38.3 Å². The van der Waals surface area contributed by atoms with Crippen molar-refractivity contribution < 1.29 is 0 Å². The molecular formula is C16H20N6. The maximum absolute atomic E-state index is 4.55. The quantitative estimate of drug-likeness (QED) is 0.776. The Morgan fingerprint density at radius 1 is 1.18 bits per heavy atom. The first-order chi connectivity index (χ1) is 10.7. The van der Waals surface area contributed by atoms with Crippen LogP contribution in [0.25, 0.3) is 5.65 Å². The largest absolute Gasteiger partial charge is 0.322 e. The van der Waals surface area contributed by atoms with Crippen molar-refractivity contribution in [1.29, 1.82) is 0 Å². The topological polar surface area (TPSA) is 70.9 Å². The van der Waals surface area contributed by atoms with Gasteiger partial charge in [0.1, 0.15) is 0 Å². The van der Waals surface area contributed by atoms with Crippen molar-refractivity contribution in [2.24, 2.45) is 0 Å². The Morgan fingerprint density at radius 2 is 2.00 bits per heavy atom. The number of fused-ring (bicyclic) bond motifs is 1. The molecule has 0 radical (unpaired) electrons. The lowest BCUT2D eigenvalue weighted by Gasteiger charge is -2.05. The lowest BCUT2D eigenvalue weighted by Crippen LogP contribution is -2.00. The van der Waals surface area contributed by atoms with Gasteiger partial charge in [-0.25, -0.2) is 9.50 Å². The van der Waals surface area contributed by atoms with Crippen molar-refractivity contribution in [3.05, 3.63) is 35.3 Å². The van der Waals surface area contributed by atoms with E-state index in [0.29, 0.717) is 5.92 Å². The second-order valence-electron chi connectivity index (χ2n) is 6.18. The molecule has 1 saturated carbocycles. The van der Waals surface area contributed by atoms with Crippen LogP contribution in [0.2, 0.25) is 0 Å². The minimum atomic E-state index is 0.636. The maximum Gasteiger partial charge on any atom is 0.156 e. The van der Waals surface area contributed by atoms with E-state index in [0.717, 1.165) is 28.5 Å². The van der Waals surface area contributed by atoms with Gasteiger partial charge in [0.15, 0.2) is 17.3 Å².